The van der Waals surface area contributed by atoms with Gasteiger partial charge in [0.2, 0.25) is 11.5 Å². The van der Waals surface area contributed by atoms with E-state index in [1.165, 1.54) is 12.1 Å². The number of aromatic amines is 1. The predicted molar refractivity (Wildman–Crippen MR) is 187 cm³/mol. The number of carbonyl (C=O) groups excluding carboxylic acids is 2. The number of nitrogens with one attached hydrogen (secondary N) is 2. The minimum absolute atomic E-state index is 0.00162. The highest BCUT2D eigenvalue weighted by atomic mass is 16.4. The van der Waals surface area contributed by atoms with Crippen molar-refractivity contribution >= 4 is 28.7 Å². The summed E-state index contributed by atoms with van der Waals surface area (Å²) in [7, 11) is 0. The van der Waals surface area contributed by atoms with Crippen molar-refractivity contribution in [3.8, 4) is 5.75 Å². The Labute approximate surface area is 285 Å². The van der Waals surface area contributed by atoms with Crippen molar-refractivity contribution in [2.45, 2.75) is 50.5 Å². The molecule has 0 spiro atoms. The third-order valence-corrected chi connectivity index (χ3v) is 9.59. The number of carbonyl (C=O) groups is 3. The lowest BCUT2D eigenvalue weighted by atomic mass is 9.73. The first-order chi connectivity index (χ1) is 23.6. The number of H-pyrrole nitrogens is 1. The van der Waals surface area contributed by atoms with E-state index in [2.05, 4.69) is 10.3 Å². The average Bonchev–Trinajstić information content (AvgIpc) is 3.12. The van der Waals surface area contributed by atoms with Gasteiger partial charge in [-0.05, 0) is 80.1 Å². The average molecular weight is 669 g/mol. The Morgan fingerprint density at radius 1 is 0.980 bits per heavy atom. The van der Waals surface area contributed by atoms with Gasteiger partial charge in [0, 0.05) is 56.2 Å². The van der Waals surface area contributed by atoms with Gasteiger partial charge in [-0.1, -0.05) is 48.5 Å². The zero-order valence-electron chi connectivity index (χ0n) is 27.7. The summed E-state index contributed by atoms with van der Waals surface area (Å²) in [5.41, 5.74) is 1.86. The predicted octanol–water partition coefficient (Wildman–Crippen LogP) is 3.99. The molecule has 11 nitrogen and oxygen atoms in total. The normalized spacial score (nSPS) is 14.8. The second kappa shape index (κ2) is 15.9. The Morgan fingerprint density at radius 3 is 2.37 bits per heavy atom. The Hall–Kier alpha value is -5.00. The number of amides is 2. The number of hydrogen-bond acceptors (Lipinski definition) is 7. The fraction of sp³-hybridized carbons (Fsp3) is 0.368. The molecule has 2 amide bonds. The van der Waals surface area contributed by atoms with Gasteiger partial charge < -0.3 is 35.4 Å². The third kappa shape index (κ3) is 8.18. The van der Waals surface area contributed by atoms with Gasteiger partial charge in [0.15, 0.2) is 0 Å². The number of carboxylic acid groups (broad SMARTS) is 1. The number of phenols is 1. The fourth-order valence-electron chi connectivity index (χ4n) is 6.62. The number of pyridine rings is 1. The molecule has 1 fully saturated rings. The number of aliphatic hydroxyl groups is 1. The van der Waals surface area contributed by atoms with E-state index < -0.39 is 17.5 Å². The first-order valence-corrected chi connectivity index (χ1v) is 16.8. The van der Waals surface area contributed by atoms with Crippen LogP contribution in [0.3, 0.4) is 0 Å². The van der Waals surface area contributed by atoms with Crippen LogP contribution < -0.4 is 10.9 Å². The van der Waals surface area contributed by atoms with E-state index in [0.29, 0.717) is 81.3 Å². The molecule has 1 atom stereocenters. The first-order valence-electron chi connectivity index (χ1n) is 16.8. The number of aromatic nitrogens is 1. The Morgan fingerprint density at radius 2 is 1.69 bits per heavy atom. The minimum Gasteiger partial charge on any atom is -0.506 e. The number of phenolic OH excluding ortho intramolecular Hbond substituents is 1. The van der Waals surface area contributed by atoms with Crippen LogP contribution >= 0.6 is 0 Å². The monoisotopic (exact) mass is 668 g/mol. The summed E-state index contributed by atoms with van der Waals surface area (Å²) in [6.45, 7) is 4.62. The number of benzene rings is 3. The van der Waals surface area contributed by atoms with Gasteiger partial charge in [0.25, 0.3) is 5.91 Å². The standard InChI is InChI=1S/C38H44N4O7/c1-2-41(22-6-21-39-25-32(44)29-14-16-31(43)35-30(29)15-17-33(45)40-35)36(47)27-12-9-26(10-13-27)11-18-34(46)42-23-19-38(20-24-42,37(48)49)28-7-4-3-5-8-28/h3-5,7-10,12-17,32,39,43-44H,2,6,11,18-25H2,1H3,(H,40,45)(H,48,49). The highest BCUT2D eigenvalue weighted by molar-refractivity contribution is 5.94. The molecule has 49 heavy (non-hydrogen) atoms. The number of aromatic hydroxyl groups is 1. The van der Waals surface area contributed by atoms with Gasteiger partial charge in [-0.2, -0.15) is 0 Å². The van der Waals surface area contributed by atoms with Crippen LogP contribution in [-0.2, 0) is 21.4 Å². The summed E-state index contributed by atoms with van der Waals surface area (Å²) in [5.74, 6) is -0.994. The number of aliphatic carboxylic acids is 1. The maximum atomic E-state index is 13.2. The van der Waals surface area contributed by atoms with Crippen LogP contribution in [0, 0.1) is 0 Å². The molecule has 11 heteroatoms. The van der Waals surface area contributed by atoms with Crippen LogP contribution in [0.4, 0.5) is 0 Å². The number of aryl methyl sites for hydroxylation is 1. The van der Waals surface area contributed by atoms with E-state index in [9.17, 15) is 34.5 Å². The molecule has 0 aliphatic carbocycles. The van der Waals surface area contributed by atoms with Gasteiger partial charge in [0.05, 0.1) is 17.0 Å². The minimum atomic E-state index is -0.972. The van der Waals surface area contributed by atoms with Crippen LogP contribution in [0.15, 0.2) is 83.7 Å². The Bertz CT molecular complexity index is 1820. The molecule has 0 bridgehead atoms. The summed E-state index contributed by atoms with van der Waals surface area (Å²) in [5, 5.41) is 34.7. The summed E-state index contributed by atoms with van der Waals surface area (Å²) in [4.78, 5) is 56.2. The zero-order valence-corrected chi connectivity index (χ0v) is 27.7. The molecule has 0 radical (unpaired) electrons. The number of likely N-dealkylation sites (tertiary alicyclic amines) is 1. The maximum absolute atomic E-state index is 13.2. The van der Waals surface area contributed by atoms with Crippen molar-refractivity contribution in [3.05, 3.63) is 111 Å². The van der Waals surface area contributed by atoms with E-state index in [1.54, 1.807) is 34.1 Å². The molecule has 1 aliphatic heterocycles. The molecule has 4 aromatic rings. The molecule has 5 rings (SSSR count). The summed E-state index contributed by atoms with van der Waals surface area (Å²) < 4.78 is 0. The van der Waals surface area contributed by atoms with Crippen molar-refractivity contribution in [2.75, 3.05) is 39.3 Å². The summed E-state index contributed by atoms with van der Waals surface area (Å²) >= 11 is 0. The number of carboxylic acids is 1. The molecule has 2 heterocycles. The van der Waals surface area contributed by atoms with E-state index in [4.69, 9.17) is 0 Å². The summed E-state index contributed by atoms with van der Waals surface area (Å²) in [6.07, 6.45) is 1.40. The van der Waals surface area contributed by atoms with Crippen molar-refractivity contribution in [1.82, 2.24) is 20.1 Å². The third-order valence-electron chi connectivity index (χ3n) is 9.59. The maximum Gasteiger partial charge on any atom is 0.314 e. The molecule has 1 saturated heterocycles. The SMILES string of the molecule is CCN(CCCNCC(O)c1ccc(O)c2[nH]c(=O)ccc12)C(=O)c1ccc(CCC(=O)N2CCC(C(=O)O)(c3ccccc3)CC2)cc1. The number of aliphatic hydroxyl groups excluding tert-OH is 1. The number of nitrogens with zero attached hydrogens (tertiary/aromatic N) is 2. The molecular weight excluding hydrogens is 624 g/mol. The Balaban J connectivity index is 1.05. The largest absolute Gasteiger partial charge is 0.506 e. The van der Waals surface area contributed by atoms with E-state index in [0.717, 1.165) is 11.1 Å². The highest BCUT2D eigenvalue weighted by Crippen LogP contribution is 2.36. The lowest BCUT2D eigenvalue weighted by molar-refractivity contribution is -0.148. The van der Waals surface area contributed by atoms with E-state index >= 15 is 0 Å². The van der Waals surface area contributed by atoms with Crippen molar-refractivity contribution in [3.63, 3.8) is 0 Å². The van der Waals surface area contributed by atoms with Crippen LogP contribution in [0.5, 0.6) is 5.75 Å². The van der Waals surface area contributed by atoms with E-state index in [1.807, 2.05) is 49.4 Å². The van der Waals surface area contributed by atoms with Crippen LogP contribution in [0.2, 0.25) is 0 Å². The number of hydrogen-bond donors (Lipinski definition) is 5. The Kier molecular flexibility index (Phi) is 11.5. The topological polar surface area (TPSA) is 163 Å². The van der Waals surface area contributed by atoms with E-state index in [-0.39, 0.29) is 35.2 Å². The van der Waals surface area contributed by atoms with Gasteiger partial charge >= 0.3 is 5.97 Å². The molecule has 1 aliphatic rings. The molecule has 1 aromatic heterocycles. The van der Waals surface area contributed by atoms with Gasteiger partial charge in [-0.15, -0.1) is 0 Å². The van der Waals surface area contributed by atoms with Crippen LogP contribution in [0.25, 0.3) is 10.9 Å². The lowest BCUT2D eigenvalue weighted by Crippen LogP contribution is -2.49. The zero-order chi connectivity index (χ0) is 35.0. The lowest BCUT2D eigenvalue weighted by Gasteiger charge is -2.39. The van der Waals surface area contributed by atoms with Gasteiger partial charge in [-0.3, -0.25) is 19.2 Å². The van der Waals surface area contributed by atoms with Crippen molar-refractivity contribution in [2.24, 2.45) is 0 Å². The van der Waals surface area contributed by atoms with Crippen molar-refractivity contribution in [1.29, 1.82) is 0 Å². The summed E-state index contributed by atoms with van der Waals surface area (Å²) in [6, 6.07) is 22.6. The fourth-order valence-corrected chi connectivity index (χ4v) is 6.62. The van der Waals surface area contributed by atoms with Crippen LogP contribution in [-0.4, -0.2) is 87.2 Å². The van der Waals surface area contributed by atoms with Gasteiger partial charge in [-0.25, -0.2) is 0 Å². The van der Waals surface area contributed by atoms with Crippen LogP contribution in [0.1, 0.15) is 65.8 Å². The molecular formula is C38H44N4O7. The number of rotatable bonds is 14. The molecule has 258 valence electrons. The molecule has 3 aromatic carbocycles. The van der Waals surface area contributed by atoms with Gasteiger partial charge in [0.1, 0.15) is 5.75 Å². The smallest absolute Gasteiger partial charge is 0.314 e. The highest BCUT2D eigenvalue weighted by Gasteiger charge is 2.43. The second-order valence-corrected chi connectivity index (χ2v) is 12.6. The molecule has 0 saturated carbocycles. The molecule has 5 N–H and O–H groups in total. The molecule has 1 unspecified atom stereocenters. The first kappa shape index (κ1) is 35.3. The number of fused-ring (bicyclic) bond motifs is 1. The number of piperidine rings is 1. The quantitative estimate of drug-likeness (QED) is 0.126. The van der Waals surface area contributed by atoms with Crippen molar-refractivity contribution < 1.29 is 29.7 Å². The second-order valence-electron chi connectivity index (χ2n) is 12.6.